The van der Waals surface area contributed by atoms with Gasteiger partial charge in [0.05, 0.1) is 23.4 Å². The van der Waals surface area contributed by atoms with Crippen molar-refractivity contribution in [1.29, 1.82) is 0 Å². The minimum absolute atomic E-state index is 0.250. The molecule has 0 saturated heterocycles. The van der Waals surface area contributed by atoms with Gasteiger partial charge in [-0.05, 0) is 31.2 Å². The molecule has 0 aliphatic carbocycles. The smallest absolute Gasteiger partial charge is 0.178 e. The second-order valence-corrected chi connectivity index (χ2v) is 5.72. The predicted octanol–water partition coefficient (Wildman–Crippen LogP) is 4.59. The van der Waals surface area contributed by atoms with Crippen LogP contribution in [0.1, 0.15) is 11.9 Å². The SMILES string of the molecule is CCOc1cccc(NCc2nc3ccc(F)c(F)c3s2)c1. The summed E-state index contributed by atoms with van der Waals surface area (Å²) >= 11 is 1.15. The van der Waals surface area contributed by atoms with Crippen LogP contribution >= 0.6 is 11.3 Å². The summed E-state index contributed by atoms with van der Waals surface area (Å²) in [7, 11) is 0. The van der Waals surface area contributed by atoms with Crippen molar-refractivity contribution in [3.8, 4) is 5.75 Å². The Bertz CT molecular complexity index is 804. The average molecular weight is 320 g/mol. The summed E-state index contributed by atoms with van der Waals surface area (Å²) < 4.78 is 32.6. The second-order valence-electron chi connectivity index (χ2n) is 4.63. The zero-order valence-corrected chi connectivity index (χ0v) is 12.7. The summed E-state index contributed by atoms with van der Waals surface area (Å²) in [5.74, 6) is -0.899. The molecule has 3 aromatic rings. The first kappa shape index (κ1) is 14.7. The highest BCUT2D eigenvalue weighted by Crippen LogP contribution is 2.27. The van der Waals surface area contributed by atoms with Crippen molar-refractivity contribution in [3.05, 3.63) is 53.0 Å². The van der Waals surface area contributed by atoms with Crippen molar-refractivity contribution in [2.75, 3.05) is 11.9 Å². The number of thiazole rings is 1. The van der Waals surface area contributed by atoms with Crippen molar-refractivity contribution in [2.45, 2.75) is 13.5 Å². The van der Waals surface area contributed by atoms with Crippen LogP contribution < -0.4 is 10.1 Å². The molecular weight excluding hydrogens is 306 g/mol. The van der Waals surface area contributed by atoms with Crippen molar-refractivity contribution < 1.29 is 13.5 Å². The minimum Gasteiger partial charge on any atom is -0.494 e. The highest BCUT2D eigenvalue weighted by atomic mass is 32.1. The van der Waals surface area contributed by atoms with Gasteiger partial charge in [-0.3, -0.25) is 0 Å². The first-order chi connectivity index (χ1) is 10.7. The number of rotatable bonds is 5. The standard InChI is InChI=1S/C16H14F2N2OS/c1-2-21-11-5-3-4-10(8-11)19-9-14-20-13-7-6-12(17)15(18)16(13)22-14/h3-8,19H,2,9H2,1H3. The fourth-order valence-electron chi connectivity index (χ4n) is 2.10. The molecule has 1 N–H and O–H groups in total. The molecule has 0 bridgehead atoms. The first-order valence-electron chi connectivity index (χ1n) is 6.87. The maximum atomic E-state index is 13.7. The number of nitrogens with one attached hydrogen (secondary N) is 1. The lowest BCUT2D eigenvalue weighted by Crippen LogP contribution is -1.99. The van der Waals surface area contributed by atoms with E-state index in [-0.39, 0.29) is 4.70 Å². The largest absolute Gasteiger partial charge is 0.494 e. The Labute approximate surface area is 130 Å². The number of hydrogen-bond acceptors (Lipinski definition) is 4. The molecule has 0 fully saturated rings. The number of nitrogens with zero attached hydrogens (tertiary/aromatic N) is 1. The third-order valence-corrected chi connectivity index (χ3v) is 4.15. The van der Waals surface area contributed by atoms with Gasteiger partial charge < -0.3 is 10.1 Å². The number of anilines is 1. The molecule has 1 aromatic heterocycles. The van der Waals surface area contributed by atoms with E-state index in [1.54, 1.807) is 0 Å². The van der Waals surface area contributed by atoms with E-state index in [1.807, 2.05) is 31.2 Å². The molecule has 0 atom stereocenters. The lowest BCUT2D eigenvalue weighted by molar-refractivity contribution is 0.340. The van der Waals surface area contributed by atoms with Gasteiger partial charge in [-0.25, -0.2) is 13.8 Å². The van der Waals surface area contributed by atoms with Gasteiger partial charge >= 0.3 is 0 Å². The van der Waals surface area contributed by atoms with E-state index < -0.39 is 11.6 Å². The quantitative estimate of drug-likeness (QED) is 0.747. The summed E-state index contributed by atoms with van der Waals surface area (Å²) in [4.78, 5) is 4.31. The molecule has 0 saturated carbocycles. The number of hydrogen-bond donors (Lipinski definition) is 1. The highest BCUT2D eigenvalue weighted by molar-refractivity contribution is 7.18. The highest BCUT2D eigenvalue weighted by Gasteiger charge is 2.12. The molecule has 0 aliphatic rings. The van der Waals surface area contributed by atoms with Gasteiger partial charge in [-0.1, -0.05) is 6.07 Å². The third kappa shape index (κ3) is 3.01. The van der Waals surface area contributed by atoms with Gasteiger partial charge in [-0.15, -0.1) is 11.3 Å². The summed E-state index contributed by atoms with van der Waals surface area (Å²) in [5, 5.41) is 3.90. The lowest BCUT2D eigenvalue weighted by Gasteiger charge is -2.07. The monoisotopic (exact) mass is 320 g/mol. The predicted molar refractivity (Wildman–Crippen MR) is 84.5 cm³/mol. The normalized spacial score (nSPS) is 10.9. The van der Waals surface area contributed by atoms with Crippen LogP contribution in [0.4, 0.5) is 14.5 Å². The van der Waals surface area contributed by atoms with E-state index in [1.165, 1.54) is 6.07 Å². The number of halogens is 2. The maximum absolute atomic E-state index is 13.7. The molecule has 0 radical (unpaired) electrons. The Morgan fingerprint density at radius 2 is 2.09 bits per heavy atom. The zero-order chi connectivity index (χ0) is 15.5. The summed E-state index contributed by atoms with van der Waals surface area (Å²) in [6.07, 6.45) is 0. The Morgan fingerprint density at radius 3 is 2.91 bits per heavy atom. The van der Waals surface area contributed by atoms with E-state index >= 15 is 0 Å². The van der Waals surface area contributed by atoms with E-state index in [0.717, 1.165) is 28.8 Å². The topological polar surface area (TPSA) is 34.1 Å². The van der Waals surface area contributed by atoms with Gasteiger partial charge in [-0.2, -0.15) is 0 Å². The molecule has 0 aliphatic heterocycles. The molecule has 3 rings (SSSR count). The first-order valence-corrected chi connectivity index (χ1v) is 7.69. The molecule has 3 nitrogen and oxygen atoms in total. The van der Waals surface area contributed by atoms with Crippen molar-refractivity contribution >= 4 is 27.2 Å². The van der Waals surface area contributed by atoms with Gasteiger partial charge in [0.15, 0.2) is 11.6 Å². The summed E-state index contributed by atoms with van der Waals surface area (Å²) in [6, 6.07) is 10.2. The van der Waals surface area contributed by atoms with Crippen molar-refractivity contribution in [1.82, 2.24) is 4.98 Å². The van der Waals surface area contributed by atoms with Gasteiger partial charge in [0.1, 0.15) is 10.8 Å². The van der Waals surface area contributed by atoms with Crippen LogP contribution in [-0.4, -0.2) is 11.6 Å². The van der Waals surface area contributed by atoms with Crippen molar-refractivity contribution in [2.24, 2.45) is 0 Å². The minimum atomic E-state index is -0.847. The third-order valence-electron chi connectivity index (χ3n) is 3.08. The number of ether oxygens (including phenoxy) is 1. The Kier molecular flexibility index (Phi) is 4.20. The molecule has 114 valence electrons. The molecule has 0 amide bonds. The fourth-order valence-corrected chi connectivity index (χ4v) is 3.03. The molecule has 1 heterocycles. The summed E-state index contributed by atoms with van der Waals surface area (Å²) in [5.41, 5.74) is 1.36. The molecule has 6 heteroatoms. The van der Waals surface area contributed by atoms with E-state index in [4.69, 9.17) is 4.74 Å². The second kappa shape index (κ2) is 6.27. The van der Waals surface area contributed by atoms with Gasteiger partial charge in [0.2, 0.25) is 0 Å². The number of benzene rings is 2. The molecule has 0 unspecified atom stereocenters. The summed E-state index contributed by atoms with van der Waals surface area (Å²) in [6.45, 7) is 2.97. The van der Waals surface area contributed by atoms with Crippen LogP contribution in [0.2, 0.25) is 0 Å². The van der Waals surface area contributed by atoms with Crippen LogP contribution in [0.5, 0.6) is 5.75 Å². The van der Waals surface area contributed by atoms with Crippen molar-refractivity contribution in [3.63, 3.8) is 0 Å². The number of fused-ring (bicyclic) bond motifs is 1. The Balaban J connectivity index is 1.76. The van der Waals surface area contributed by atoms with Gasteiger partial charge in [0.25, 0.3) is 0 Å². The van der Waals surface area contributed by atoms with Crippen LogP contribution in [-0.2, 0) is 6.54 Å². The van der Waals surface area contributed by atoms with E-state index in [2.05, 4.69) is 10.3 Å². The zero-order valence-electron chi connectivity index (χ0n) is 11.9. The van der Waals surface area contributed by atoms with E-state index in [0.29, 0.717) is 23.7 Å². The fraction of sp³-hybridized carbons (Fsp3) is 0.188. The van der Waals surface area contributed by atoms with Crippen LogP contribution in [0.3, 0.4) is 0 Å². The molecule has 2 aromatic carbocycles. The van der Waals surface area contributed by atoms with Crippen LogP contribution in [0.25, 0.3) is 10.2 Å². The van der Waals surface area contributed by atoms with Crippen LogP contribution in [0.15, 0.2) is 36.4 Å². The molecular formula is C16H14F2N2OS. The maximum Gasteiger partial charge on any atom is 0.178 e. The molecule has 0 spiro atoms. The van der Waals surface area contributed by atoms with Gasteiger partial charge in [0, 0.05) is 11.8 Å². The lowest BCUT2D eigenvalue weighted by atomic mass is 10.3. The Morgan fingerprint density at radius 1 is 1.23 bits per heavy atom. The average Bonchev–Trinajstić information content (AvgIpc) is 2.94. The molecule has 22 heavy (non-hydrogen) atoms. The number of aromatic nitrogens is 1. The Hall–Kier alpha value is -2.21. The van der Waals surface area contributed by atoms with Crippen LogP contribution in [0, 0.1) is 11.6 Å². The van der Waals surface area contributed by atoms with E-state index in [9.17, 15) is 8.78 Å².